The highest BCUT2D eigenvalue weighted by molar-refractivity contribution is 6.03. The molecule has 0 saturated heterocycles. The summed E-state index contributed by atoms with van der Waals surface area (Å²) < 4.78 is 32.8. The van der Waals surface area contributed by atoms with Crippen molar-refractivity contribution in [3.05, 3.63) is 40.9 Å². The van der Waals surface area contributed by atoms with Crippen molar-refractivity contribution in [2.24, 2.45) is 0 Å². The molecule has 0 saturated carbocycles. The average Bonchev–Trinajstić information content (AvgIpc) is 3.31. The third-order valence-corrected chi connectivity index (χ3v) is 5.51. The topological polar surface area (TPSA) is 124 Å². The molecule has 4 rings (SSSR count). The number of nitrogen functional groups attached to an aromatic ring is 1. The van der Waals surface area contributed by atoms with Gasteiger partial charge in [-0.3, -0.25) is 0 Å². The Morgan fingerprint density at radius 1 is 1.06 bits per heavy atom. The van der Waals surface area contributed by atoms with Crippen LogP contribution in [0.15, 0.2) is 23.8 Å². The highest BCUT2D eigenvalue weighted by atomic mass is 16.7. The van der Waals surface area contributed by atoms with E-state index in [9.17, 15) is 4.79 Å². The second-order valence-corrected chi connectivity index (χ2v) is 7.68. The van der Waals surface area contributed by atoms with Crippen molar-refractivity contribution >= 4 is 28.6 Å². The van der Waals surface area contributed by atoms with Gasteiger partial charge in [-0.25, -0.2) is 14.8 Å². The number of rotatable bonds is 8. The second-order valence-electron chi connectivity index (χ2n) is 7.68. The molecule has 1 aromatic heterocycles. The lowest BCUT2D eigenvalue weighted by Gasteiger charge is -2.19. The first-order chi connectivity index (χ1) is 16.9. The summed E-state index contributed by atoms with van der Waals surface area (Å²) in [5.74, 6) is 2.15. The molecule has 2 N–H and O–H groups in total. The van der Waals surface area contributed by atoms with Gasteiger partial charge in [-0.05, 0) is 37.6 Å². The molecule has 0 amide bonds. The lowest BCUT2D eigenvalue weighted by Crippen LogP contribution is -2.08. The predicted octanol–water partition coefficient (Wildman–Crippen LogP) is 3.52. The zero-order valence-electron chi connectivity index (χ0n) is 20.3. The number of hydrogen-bond acceptors (Lipinski definition) is 10. The molecule has 0 aliphatic carbocycles. The normalized spacial score (nSPS) is 12.5. The van der Waals surface area contributed by atoms with Gasteiger partial charge >= 0.3 is 5.97 Å². The van der Waals surface area contributed by atoms with Crippen LogP contribution in [0.4, 0.5) is 5.69 Å². The van der Waals surface area contributed by atoms with Gasteiger partial charge in [0.2, 0.25) is 12.5 Å². The minimum absolute atomic E-state index is 0.179. The third-order valence-electron chi connectivity index (χ3n) is 5.51. The summed E-state index contributed by atoms with van der Waals surface area (Å²) in [6.45, 7) is 3.83. The maximum atomic E-state index is 12.2. The van der Waals surface area contributed by atoms with E-state index in [1.807, 2.05) is 18.2 Å². The van der Waals surface area contributed by atoms with Gasteiger partial charge in [-0.1, -0.05) is 6.07 Å². The average molecular weight is 482 g/mol. The molecule has 0 atom stereocenters. The zero-order valence-corrected chi connectivity index (χ0v) is 20.3. The highest BCUT2D eigenvalue weighted by Gasteiger charge is 2.25. The molecular formula is C25H27N3O7. The lowest BCUT2D eigenvalue weighted by molar-refractivity contribution is -0.138. The van der Waals surface area contributed by atoms with Crippen LogP contribution in [-0.2, 0) is 16.0 Å². The molecule has 10 heteroatoms. The molecule has 0 unspecified atom stereocenters. The van der Waals surface area contributed by atoms with Crippen molar-refractivity contribution < 1.29 is 33.2 Å². The molecule has 0 radical (unpaired) electrons. The van der Waals surface area contributed by atoms with E-state index in [-0.39, 0.29) is 13.4 Å². The number of ether oxygens (including phenoxy) is 6. The van der Waals surface area contributed by atoms with Crippen molar-refractivity contribution in [3.8, 4) is 28.7 Å². The summed E-state index contributed by atoms with van der Waals surface area (Å²) in [6.07, 6.45) is 1.95. The Morgan fingerprint density at radius 2 is 1.77 bits per heavy atom. The Bertz CT molecular complexity index is 1320. The molecule has 2 aromatic carbocycles. The van der Waals surface area contributed by atoms with Crippen LogP contribution in [0.5, 0.6) is 28.7 Å². The summed E-state index contributed by atoms with van der Waals surface area (Å²) in [5.41, 5.74) is 9.15. The maximum Gasteiger partial charge on any atom is 0.333 e. The molecule has 35 heavy (non-hydrogen) atoms. The SMILES string of the molecule is CCOC(=O)/C(C)=C\c1nc(Cc2ccc3c(c2)OCO3)c2c(N)c(OC)c(OC)c(OC)c2n1. The van der Waals surface area contributed by atoms with Gasteiger partial charge in [0, 0.05) is 12.0 Å². The maximum absolute atomic E-state index is 12.2. The number of carbonyl (C=O) groups is 1. The summed E-state index contributed by atoms with van der Waals surface area (Å²) in [7, 11) is 4.50. The molecule has 1 aliphatic heterocycles. The summed E-state index contributed by atoms with van der Waals surface area (Å²) >= 11 is 0. The number of hydrogen-bond donors (Lipinski definition) is 1. The standard InChI is InChI=1S/C25H27N3O7/c1-6-33-25(29)13(2)9-18-27-15(10-14-7-8-16-17(11-14)35-12-34-16)19-20(26)22(30-3)24(32-5)23(31-4)21(19)28-18/h7-9,11H,6,10,12,26H2,1-5H3/b13-9-. The number of methoxy groups -OCH3 is 3. The van der Waals surface area contributed by atoms with Gasteiger partial charge in [0.15, 0.2) is 28.8 Å². The van der Waals surface area contributed by atoms with E-state index in [0.29, 0.717) is 68.9 Å². The number of nitrogens with zero attached hydrogens (tertiary/aromatic N) is 2. The van der Waals surface area contributed by atoms with Gasteiger partial charge in [-0.2, -0.15) is 0 Å². The molecule has 2 heterocycles. The first-order valence-corrected chi connectivity index (χ1v) is 10.9. The van der Waals surface area contributed by atoms with Crippen LogP contribution in [0, 0.1) is 0 Å². The van der Waals surface area contributed by atoms with E-state index in [4.69, 9.17) is 39.1 Å². The van der Waals surface area contributed by atoms with E-state index < -0.39 is 5.97 Å². The van der Waals surface area contributed by atoms with Crippen LogP contribution in [0.3, 0.4) is 0 Å². The summed E-state index contributed by atoms with van der Waals surface area (Å²) in [5, 5.41) is 0.558. The largest absolute Gasteiger partial charge is 0.491 e. The van der Waals surface area contributed by atoms with Gasteiger partial charge in [0.1, 0.15) is 5.52 Å². The van der Waals surface area contributed by atoms with Crippen molar-refractivity contribution in [1.29, 1.82) is 0 Å². The van der Waals surface area contributed by atoms with Gasteiger partial charge in [-0.15, -0.1) is 0 Å². The minimum Gasteiger partial charge on any atom is -0.491 e. The molecule has 10 nitrogen and oxygen atoms in total. The molecule has 0 spiro atoms. The number of esters is 1. The Kier molecular flexibility index (Phi) is 6.81. The van der Waals surface area contributed by atoms with Gasteiger partial charge < -0.3 is 34.2 Å². The lowest BCUT2D eigenvalue weighted by atomic mass is 10.0. The fraction of sp³-hybridized carbons (Fsp3) is 0.320. The second kappa shape index (κ2) is 9.96. The number of anilines is 1. The Morgan fingerprint density at radius 3 is 2.46 bits per heavy atom. The highest BCUT2D eigenvalue weighted by Crippen LogP contribution is 2.48. The van der Waals surface area contributed by atoms with Gasteiger partial charge in [0.25, 0.3) is 0 Å². The van der Waals surface area contributed by atoms with Gasteiger partial charge in [0.05, 0.1) is 44.7 Å². The minimum atomic E-state index is -0.452. The van der Waals surface area contributed by atoms with E-state index >= 15 is 0 Å². The monoisotopic (exact) mass is 481 g/mol. The van der Waals surface area contributed by atoms with Crippen LogP contribution in [0.25, 0.3) is 17.0 Å². The number of carbonyl (C=O) groups excluding carboxylic acids is 1. The van der Waals surface area contributed by atoms with Crippen LogP contribution in [-0.4, -0.2) is 50.7 Å². The first kappa shape index (κ1) is 23.9. The first-order valence-electron chi connectivity index (χ1n) is 10.9. The molecule has 3 aromatic rings. The molecule has 184 valence electrons. The quantitative estimate of drug-likeness (QED) is 0.290. The number of fused-ring (bicyclic) bond motifs is 2. The summed E-state index contributed by atoms with van der Waals surface area (Å²) in [6, 6.07) is 5.67. The third kappa shape index (κ3) is 4.46. The number of nitrogens with two attached hydrogens (primary N) is 1. The van der Waals surface area contributed by atoms with Crippen LogP contribution in [0.2, 0.25) is 0 Å². The fourth-order valence-corrected chi connectivity index (χ4v) is 3.93. The fourth-order valence-electron chi connectivity index (χ4n) is 3.93. The van der Waals surface area contributed by atoms with E-state index in [2.05, 4.69) is 4.98 Å². The Labute approximate surface area is 202 Å². The Balaban J connectivity index is 1.96. The Hall–Kier alpha value is -4.21. The number of benzene rings is 2. The van der Waals surface area contributed by atoms with Crippen LogP contribution >= 0.6 is 0 Å². The van der Waals surface area contributed by atoms with Crippen molar-refractivity contribution in [3.63, 3.8) is 0 Å². The van der Waals surface area contributed by atoms with Crippen LogP contribution in [0.1, 0.15) is 30.9 Å². The van der Waals surface area contributed by atoms with Crippen LogP contribution < -0.4 is 29.4 Å². The van der Waals surface area contributed by atoms with E-state index in [1.54, 1.807) is 19.9 Å². The molecule has 1 aliphatic rings. The molecular weight excluding hydrogens is 454 g/mol. The molecule has 0 fully saturated rings. The van der Waals surface area contributed by atoms with E-state index in [0.717, 1.165) is 5.56 Å². The van der Waals surface area contributed by atoms with Crippen molar-refractivity contribution in [2.45, 2.75) is 20.3 Å². The van der Waals surface area contributed by atoms with Crippen molar-refractivity contribution in [2.75, 3.05) is 40.5 Å². The molecule has 0 bridgehead atoms. The van der Waals surface area contributed by atoms with Crippen molar-refractivity contribution in [1.82, 2.24) is 9.97 Å². The number of aromatic nitrogens is 2. The summed E-state index contributed by atoms with van der Waals surface area (Å²) in [4.78, 5) is 21.6. The van der Waals surface area contributed by atoms with E-state index in [1.165, 1.54) is 21.3 Å². The predicted molar refractivity (Wildman–Crippen MR) is 129 cm³/mol. The smallest absolute Gasteiger partial charge is 0.333 e. The zero-order chi connectivity index (χ0) is 25.1.